The number of piperidine rings is 1. The fourth-order valence-electron chi connectivity index (χ4n) is 3.30. The van der Waals surface area contributed by atoms with Crippen LogP contribution < -0.4 is 0 Å². The third kappa shape index (κ3) is 2.99. The Balaban J connectivity index is 1.76. The molecule has 1 aromatic carbocycles. The van der Waals surface area contributed by atoms with E-state index in [1.54, 1.807) is 11.0 Å². The average molecular weight is 332 g/mol. The van der Waals surface area contributed by atoms with Crippen molar-refractivity contribution in [2.75, 3.05) is 26.8 Å². The lowest BCUT2D eigenvalue weighted by atomic mass is 9.80. The first-order valence-electron chi connectivity index (χ1n) is 7.89. The second kappa shape index (κ2) is 6.60. The highest BCUT2D eigenvalue weighted by molar-refractivity contribution is 5.87. The Kier molecular flexibility index (Phi) is 4.53. The van der Waals surface area contributed by atoms with Gasteiger partial charge < -0.3 is 19.3 Å². The van der Waals surface area contributed by atoms with Crippen molar-refractivity contribution in [3.05, 3.63) is 30.0 Å². The molecule has 1 atom stereocenters. The van der Waals surface area contributed by atoms with Crippen LogP contribution in [0.3, 0.4) is 0 Å². The summed E-state index contributed by atoms with van der Waals surface area (Å²) in [5.41, 5.74) is 0.182. The fraction of sp³-hybridized carbons (Fsp3) is 0.471. The standard InChI is InChI=1S/C17H20N2O5/c1-23-11-17(16(21)22)7-4-8-19(10-17)15(20)9-13-12-5-2-3-6-14(12)24-18-13/h2-3,5-6H,4,7-11H2,1H3,(H,21,22). The van der Waals surface area contributed by atoms with Crippen LogP contribution in [0.5, 0.6) is 0 Å². The zero-order chi connectivity index (χ0) is 17.2. The maximum atomic E-state index is 12.6. The lowest BCUT2D eigenvalue weighted by molar-refractivity contribution is -0.159. The van der Waals surface area contributed by atoms with E-state index in [4.69, 9.17) is 9.26 Å². The Hall–Kier alpha value is -2.41. The number of nitrogens with zero attached hydrogens (tertiary/aromatic N) is 2. The number of fused-ring (bicyclic) bond motifs is 1. The number of hydrogen-bond acceptors (Lipinski definition) is 5. The van der Waals surface area contributed by atoms with E-state index in [2.05, 4.69) is 5.16 Å². The van der Waals surface area contributed by atoms with E-state index >= 15 is 0 Å². The molecule has 7 nitrogen and oxygen atoms in total. The monoisotopic (exact) mass is 332 g/mol. The van der Waals surface area contributed by atoms with Crippen molar-refractivity contribution in [3.63, 3.8) is 0 Å². The minimum absolute atomic E-state index is 0.0962. The maximum Gasteiger partial charge on any atom is 0.313 e. The molecule has 1 amide bonds. The van der Waals surface area contributed by atoms with Crippen LogP contribution in [0.25, 0.3) is 11.0 Å². The largest absolute Gasteiger partial charge is 0.481 e. The van der Waals surface area contributed by atoms with Crippen LogP contribution in [0.1, 0.15) is 18.5 Å². The number of aliphatic carboxylic acids is 1. The summed E-state index contributed by atoms with van der Waals surface area (Å²) in [4.78, 5) is 25.9. The first-order valence-corrected chi connectivity index (χ1v) is 7.89. The minimum atomic E-state index is -1.03. The van der Waals surface area contributed by atoms with E-state index < -0.39 is 11.4 Å². The predicted octanol–water partition coefficient (Wildman–Crippen LogP) is 1.71. The molecule has 1 unspecified atom stereocenters. The van der Waals surface area contributed by atoms with E-state index in [0.717, 1.165) is 5.39 Å². The number of ether oxygens (including phenoxy) is 1. The van der Waals surface area contributed by atoms with E-state index in [0.29, 0.717) is 30.7 Å². The normalized spacial score (nSPS) is 21.1. The zero-order valence-corrected chi connectivity index (χ0v) is 13.5. The Labute approximate surface area is 139 Å². The Morgan fingerprint density at radius 1 is 1.42 bits per heavy atom. The molecule has 0 bridgehead atoms. The lowest BCUT2D eigenvalue weighted by Crippen LogP contribution is -2.52. The summed E-state index contributed by atoms with van der Waals surface area (Å²) in [5.74, 6) is -1.07. The van der Waals surface area contributed by atoms with Gasteiger partial charge in [-0.05, 0) is 25.0 Å². The Morgan fingerprint density at radius 3 is 2.96 bits per heavy atom. The number of para-hydroxylation sites is 1. The third-order valence-electron chi connectivity index (χ3n) is 4.57. The van der Waals surface area contributed by atoms with Crippen LogP contribution in [0.4, 0.5) is 0 Å². The van der Waals surface area contributed by atoms with Crippen molar-refractivity contribution in [2.45, 2.75) is 19.3 Å². The van der Waals surface area contributed by atoms with Crippen molar-refractivity contribution >= 4 is 22.8 Å². The molecule has 3 rings (SSSR count). The van der Waals surface area contributed by atoms with E-state index in [1.165, 1.54) is 7.11 Å². The summed E-state index contributed by atoms with van der Waals surface area (Å²) < 4.78 is 10.3. The number of methoxy groups -OCH3 is 1. The van der Waals surface area contributed by atoms with Crippen molar-refractivity contribution in [1.82, 2.24) is 10.1 Å². The number of hydrogen-bond donors (Lipinski definition) is 1. The summed E-state index contributed by atoms with van der Waals surface area (Å²) in [7, 11) is 1.48. The second-order valence-corrected chi connectivity index (χ2v) is 6.24. The van der Waals surface area contributed by atoms with Crippen LogP contribution in [-0.4, -0.2) is 53.8 Å². The van der Waals surface area contributed by atoms with Gasteiger partial charge in [-0.3, -0.25) is 9.59 Å². The highest BCUT2D eigenvalue weighted by Crippen LogP contribution is 2.31. The highest BCUT2D eigenvalue weighted by atomic mass is 16.5. The minimum Gasteiger partial charge on any atom is -0.481 e. The first kappa shape index (κ1) is 16.4. The Morgan fingerprint density at radius 2 is 2.21 bits per heavy atom. The van der Waals surface area contributed by atoms with E-state index in [1.807, 2.05) is 18.2 Å². The molecule has 1 saturated heterocycles. The smallest absolute Gasteiger partial charge is 0.313 e. The molecule has 1 aromatic heterocycles. The molecule has 128 valence electrons. The third-order valence-corrected chi connectivity index (χ3v) is 4.57. The van der Waals surface area contributed by atoms with Gasteiger partial charge in [-0.2, -0.15) is 0 Å². The lowest BCUT2D eigenvalue weighted by Gasteiger charge is -2.39. The molecule has 2 heterocycles. The highest BCUT2D eigenvalue weighted by Gasteiger charge is 2.43. The van der Waals surface area contributed by atoms with Crippen molar-refractivity contribution in [1.29, 1.82) is 0 Å². The number of carboxylic acids is 1. The van der Waals surface area contributed by atoms with Crippen LogP contribution in [0, 0.1) is 5.41 Å². The molecule has 0 aliphatic carbocycles. The number of rotatable bonds is 5. The van der Waals surface area contributed by atoms with Gasteiger partial charge in [0, 0.05) is 25.6 Å². The Bertz CT molecular complexity index is 752. The SMILES string of the molecule is COCC1(C(=O)O)CCCN(C(=O)Cc2noc3ccccc23)C1. The fourth-order valence-corrected chi connectivity index (χ4v) is 3.30. The van der Waals surface area contributed by atoms with Gasteiger partial charge in [0.1, 0.15) is 11.1 Å². The number of carbonyl (C=O) groups excluding carboxylic acids is 1. The quantitative estimate of drug-likeness (QED) is 0.896. The van der Waals surface area contributed by atoms with Gasteiger partial charge in [-0.1, -0.05) is 17.3 Å². The summed E-state index contributed by atoms with van der Waals surface area (Å²) >= 11 is 0. The first-order chi connectivity index (χ1) is 11.6. The number of benzene rings is 1. The van der Waals surface area contributed by atoms with Gasteiger partial charge in [-0.25, -0.2) is 0 Å². The van der Waals surface area contributed by atoms with E-state index in [9.17, 15) is 14.7 Å². The molecule has 1 fully saturated rings. The number of aromatic nitrogens is 1. The van der Waals surface area contributed by atoms with Gasteiger partial charge >= 0.3 is 5.97 Å². The van der Waals surface area contributed by atoms with Crippen molar-refractivity contribution in [2.24, 2.45) is 5.41 Å². The number of amides is 1. The van der Waals surface area contributed by atoms with Crippen LogP contribution in [-0.2, 0) is 20.7 Å². The molecule has 1 aliphatic heterocycles. The summed E-state index contributed by atoms with van der Waals surface area (Å²) in [6.07, 6.45) is 1.24. The van der Waals surface area contributed by atoms with Crippen molar-refractivity contribution in [3.8, 4) is 0 Å². The summed E-state index contributed by atoms with van der Waals surface area (Å²) in [6.45, 7) is 0.803. The molecule has 24 heavy (non-hydrogen) atoms. The molecular weight excluding hydrogens is 312 g/mol. The predicted molar refractivity (Wildman–Crippen MR) is 85.5 cm³/mol. The molecule has 0 spiro atoms. The summed E-state index contributed by atoms with van der Waals surface area (Å²) in [6, 6.07) is 7.36. The van der Waals surface area contributed by atoms with Gasteiger partial charge in [0.2, 0.25) is 5.91 Å². The van der Waals surface area contributed by atoms with E-state index in [-0.39, 0.29) is 25.5 Å². The number of carboxylic acid groups (broad SMARTS) is 1. The molecule has 0 radical (unpaired) electrons. The van der Waals surface area contributed by atoms with Crippen molar-refractivity contribution < 1.29 is 24.0 Å². The molecule has 1 aliphatic rings. The molecule has 2 aromatic rings. The average Bonchev–Trinajstić information content (AvgIpc) is 2.98. The molecule has 7 heteroatoms. The topological polar surface area (TPSA) is 92.9 Å². The maximum absolute atomic E-state index is 12.6. The van der Waals surface area contributed by atoms with Crippen LogP contribution in [0.2, 0.25) is 0 Å². The number of likely N-dealkylation sites (tertiary alicyclic amines) is 1. The van der Waals surface area contributed by atoms with Crippen LogP contribution >= 0.6 is 0 Å². The summed E-state index contributed by atoms with van der Waals surface area (Å²) in [5, 5.41) is 14.4. The molecule has 1 N–H and O–H groups in total. The van der Waals surface area contributed by atoms with Gasteiger partial charge in [-0.15, -0.1) is 0 Å². The van der Waals surface area contributed by atoms with Gasteiger partial charge in [0.15, 0.2) is 5.58 Å². The number of carbonyl (C=O) groups is 2. The van der Waals surface area contributed by atoms with Crippen LogP contribution in [0.15, 0.2) is 28.8 Å². The van der Waals surface area contributed by atoms with Gasteiger partial charge in [0.05, 0.1) is 13.0 Å². The molecule has 0 saturated carbocycles. The molecular formula is C17H20N2O5. The second-order valence-electron chi connectivity index (χ2n) is 6.24. The van der Waals surface area contributed by atoms with Gasteiger partial charge in [0.25, 0.3) is 0 Å². The zero-order valence-electron chi connectivity index (χ0n) is 13.5.